The third-order valence-corrected chi connectivity index (χ3v) is 4.63. The summed E-state index contributed by atoms with van der Waals surface area (Å²) in [4.78, 5) is 29.6. The number of aliphatic carboxylic acids is 1. The maximum atomic E-state index is 12.9. The Morgan fingerprint density at radius 2 is 2.12 bits per heavy atom. The Morgan fingerprint density at radius 3 is 2.81 bits per heavy atom. The van der Waals surface area contributed by atoms with E-state index >= 15 is 0 Å². The van der Waals surface area contributed by atoms with Crippen LogP contribution in [-0.2, 0) is 16.0 Å². The molecule has 1 unspecified atom stereocenters. The Labute approximate surface area is 196 Å². The van der Waals surface area contributed by atoms with E-state index in [1.54, 1.807) is 18.3 Å². The molecule has 1 fully saturated rings. The number of urea groups is 1. The van der Waals surface area contributed by atoms with Crippen molar-refractivity contribution in [2.75, 3.05) is 25.1 Å². The van der Waals surface area contributed by atoms with Gasteiger partial charge in [0.15, 0.2) is 5.13 Å². The van der Waals surface area contributed by atoms with Gasteiger partial charge in [0.25, 0.3) is 0 Å². The van der Waals surface area contributed by atoms with Gasteiger partial charge in [-0.15, -0.1) is 11.3 Å². The largest absolute Gasteiger partial charge is 1.00 e. The van der Waals surface area contributed by atoms with Gasteiger partial charge in [-0.05, 0) is 17.7 Å². The Morgan fingerprint density at radius 1 is 1.38 bits per heavy atom. The molecule has 2 aromatic rings. The van der Waals surface area contributed by atoms with Gasteiger partial charge in [-0.25, -0.2) is 14.2 Å². The molecule has 1 N–H and O–H groups in total. The molecule has 2 amide bonds. The van der Waals surface area contributed by atoms with Gasteiger partial charge in [0.05, 0.1) is 25.2 Å². The number of anilines is 1. The Kier molecular flexibility index (Phi) is 8.14. The van der Waals surface area contributed by atoms with Crippen molar-refractivity contribution in [3.05, 3.63) is 46.7 Å². The molecule has 1 saturated heterocycles. The average molecular weight is 403 g/mol. The van der Waals surface area contributed by atoms with Crippen LogP contribution in [0.15, 0.2) is 30.5 Å². The molecule has 3 rings (SSSR count). The fourth-order valence-electron chi connectivity index (χ4n) is 2.46. The number of nitrogens with zero attached hydrogens (tertiary/aromatic N) is 2. The van der Waals surface area contributed by atoms with Crippen LogP contribution >= 0.6 is 11.3 Å². The van der Waals surface area contributed by atoms with Gasteiger partial charge < -0.3 is 19.5 Å². The van der Waals surface area contributed by atoms with Gasteiger partial charge in [-0.1, -0.05) is 12.1 Å². The number of benzene rings is 1. The molecule has 7 nitrogen and oxygen atoms in total. The molecule has 1 aromatic heterocycles. The van der Waals surface area contributed by atoms with Crippen LogP contribution in [0, 0.1) is 5.82 Å². The molecular weight excluding hydrogens is 388 g/mol. The third-order valence-electron chi connectivity index (χ3n) is 3.72. The number of carboxylic acid groups (broad SMARTS) is 1. The van der Waals surface area contributed by atoms with Crippen LogP contribution in [0.3, 0.4) is 0 Å². The zero-order valence-electron chi connectivity index (χ0n) is 14.1. The smallest absolute Gasteiger partial charge is 0.548 e. The first-order valence-corrected chi connectivity index (χ1v) is 8.40. The molecule has 10 heteroatoms. The first kappa shape index (κ1) is 21.4. The number of amides is 2. The van der Waals surface area contributed by atoms with Crippen LogP contribution in [0.2, 0.25) is 0 Å². The van der Waals surface area contributed by atoms with Gasteiger partial charge in [0.1, 0.15) is 5.82 Å². The van der Waals surface area contributed by atoms with Crippen LogP contribution in [0.4, 0.5) is 14.3 Å². The van der Waals surface area contributed by atoms with Crippen molar-refractivity contribution in [2.24, 2.45) is 0 Å². The van der Waals surface area contributed by atoms with Crippen molar-refractivity contribution in [3.8, 4) is 0 Å². The van der Waals surface area contributed by atoms with Crippen molar-refractivity contribution in [1.82, 2.24) is 9.88 Å². The van der Waals surface area contributed by atoms with E-state index in [1.807, 2.05) is 0 Å². The van der Waals surface area contributed by atoms with Crippen molar-refractivity contribution < 1.29 is 75.2 Å². The Hall–Kier alpha value is -0.884. The van der Waals surface area contributed by atoms with E-state index in [-0.39, 0.29) is 77.0 Å². The normalized spacial score (nSPS) is 16.7. The minimum atomic E-state index is -1.36. The number of carboxylic acids is 1. The predicted molar refractivity (Wildman–Crippen MR) is 86.7 cm³/mol. The standard InChI is InChI=1S/C16H16FN3O4S.K/c17-11-3-1-10(2-4-11)7-12-8-18-15(25-12)19-16(23)20-5-6-24-9-13(20)14(21)22;/h1-4,8,13H,5-7,9H2,(H,21,22)(H,18,19,23);/q;+1/p-1. The first-order valence-electron chi connectivity index (χ1n) is 7.58. The Balaban J connectivity index is 0.00000243. The fourth-order valence-corrected chi connectivity index (χ4v) is 3.29. The summed E-state index contributed by atoms with van der Waals surface area (Å²) in [5.74, 6) is -1.65. The van der Waals surface area contributed by atoms with Gasteiger partial charge in [-0.2, -0.15) is 0 Å². The van der Waals surface area contributed by atoms with E-state index in [2.05, 4.69) is 10.3 Å². The van der Waals surface area contributed by atoms with E-state index in [4.69, 9.17) is 4.74 Å². The number of rotatable bonds is 4. The maximum absolute atomic E-state index is 12.9. The molecule has 26 heavy (non-hydrogen) atoms. The second-order valence-electron chi connectivity index (χ2n) is 5.47. The molecule has 1 atom stereocenters. The van der Waals surface area contributed by atoms with Crippen molar-refractivity contribution >= 4 is 28.5 Å². The second kappa shape index (κ2) is 9.88. The number of thiazole rings is 1. The maximum Gasteiger partial charge on any atom is 1.00 e. The van der Waals surface area contributed by atoms with Crippen molar-refractivity contribution in [2.45, 2.75) is 12.5 Å². The topological polar surface area (TPSA) is 94.6 Å². The fraction of sp³-hybridized carbons (Fsp3) is 0.312. The summed E-state index contributed by atoms with van der Waals surface area (Å²) in [6, 6.07) is 4.47. The SMILES string of the molecule is O=C([O-])C1COCCN1C(=O)Nc1ncc(Cc2ccc(F)cc2)s1.[K+]. The summed E-state index contributed by atoms with van der Waals surface area (Å²) in [5.41, 5.74) is 0.924. The predicted octanol–water partition coefficient (Wildman–Crippen LogP) is -2.14. The van der Waals surface area contributed by atoms with E-state index in [0.29, 0.717) is 11.6 Å². The number of morpholine rings is 1. The second-order valence-corrected chi connectivity index (χ2v) is 6.58. The molecular formula is C16H15FKN3O4S. The monoisotopic (exact) mass is 403 g/mol. The summed E-state index contributed by atoms with van der Waals surface area (Å²) in [6.07, 6.45) is 2.19. The minimum Gasteiger partial charge on any atom is -0.548 e. The molecule has 1 aromatic carbocycles. The van der Waals surface area contributed by atoms with Gasteiger partial charge >= 0.3 is 57.4 Å². The first-order chi connectivity index (χ1) is 12.0. The van der Waals surface area contributed by atoms with E-state index in [1.165, 1.54) is 28.4 Å². The van der Waals surface area contributed by atoms with Gasteiger partial charge in [0.2, 0.25) is 0 Å². The number of aromatic nitrogens is 1. The number of hydrogen-bond donors (Lipinski definition) is 1. The molecule has 1 aliphatic heterocycles. The van der Waals surface area contributed by atoms with E-state index in [9.17, 15) is 19.1 Å². The zero-order valence-corrected chi connectivity index (χ0v) is 18.0. The number of carbonyl (C=O) groups excluding carboxylic acids is 2. The van der Waals surface area contributed by atoms with Gasteiger partial charge in [0, 0.05) is 24.0 Å². The van der Waals surface area contributed by atoms with E-state index < -0.39 is 18.0 Å². The van der Waals surface area contributed by atoms with Crippen molar-refractivity contribution in [1.29, 1.82) is 0 Å². The van der Waals surface area contributed by atoms with Crippen LogP contribution in [0.1, 0.15) is 10.4 Å². The molecule has 2 heterocycles. The summed E-state index contributed by atoms with van der Waals surface area (Å²) in [7, 11) is 0. The third kappa shape index (κ3) is 5.55. The average Bonchev–Trinajstić information content (AvgIpc) is 3.03. The summed E-state index contributed by atoms with van der Waals surface area (Å²) >= 11 is 1.28. The zero-order chi connectivity index (χ0) is 17.8. The van der Waals surface area contributed by atoms with Crippen LogP contribution in [-0.4, -0.2) is 47.7 Å². The van der Waals surface area contributed by atoms with Crippen molar-refractivity contribution in [3.63, 3.8) is 0 Å². The number of halogens is 1. The minimum absolute atomic E-state index is 0. The molecule has 0 radical (unpaired) electrons. The number of nitrogens with one attached hydrogen (secondary N) is 1. The number of carbonyl (C=O) groups is 2. The molecule has 132 valence electrons. The van der Waals surface area contributed by atoms with Crippen LogP contribution in [0.25, 0.3) is 0 Å². The van der Waals surface area contributed by atoms with E-state index in [0.717, 1.165) is 10.4 Å². The molecule has 0 aliphatic carbocycles. The molecule has 0 spiro atoms. The summed E-state index contributed by atoms with van der Waals surface area (Å²) in [6.45, 7) is 0.340. The summed E-state index contributed by atoms with van der Waals surface area (Å²) in [5, 5.41) is 14.1. The van der Waals surface area contributed by atoms with Gasteiger partial charge in [-0.3, -0.25) is 5.32 Å². The van der Waals surface area contributed by atoms with Crippen LogP contribution in [0.5, 0.6) is 0 Å². The van der Waals surface area contributed by atoms with Crippen LogP contribution < -0.4 is 61.8 Å². The summed E-state index contributed by atoms with van der Waals surface area (Å²) < 4.78 is 18.0. The quantitative estimate of drug-likeness (QED) is 0.588. The number of ether oxygens (including phenoxy) is 1. The molecule has 0 saturated carbocycles. The molecule has 1 aliphatic rings. The number of hydrogen-bond acceptors (Lipinski definition) is 6. The Bertz CT molecular complexity index is 771. The molecule has 0 bridgehead atoms.